The normalized spacial score (nSPS) is 17.0. The van der Waals surface area contributed by atoms with Crippen LogP contribution in [0, 0.1) is 5.41 Å². The van der Waals surface area contributed by atoms with Crippen LogP contribution in [0.15, 0.2) is 4.99 Å². The number of rotatable bonds is 11. The molecular weight excluding hydrogens is 427 g/mol. The minimum atomic E-state index is 0. The molecule has 25 heavy (non-hydrogen) atoms. The van der Waals surface area contributed by atoms with E-state index in [0.717, 1.165) is 51.8 Å². The van der Waals surface area contributed by atoms with Gasteiger partial charge < -0.3 is 15.4 Å². The molecule has 0 spiro atoms. The second-order valence-corrected chi connectivity index (χ2v) is 7.23. The number of hydrogen-bond acceptors (Lipinski definition) is 3. The third kappa shape index (κ3) is 9.43. The Morgan fingerprint density at radius 2 is 1.88 bits per heavy atom. The minimum absolute atomic E-state index is 0. The summed E-state index contributed by atoms with van der Waals surface area (Å²) < 4.78 is 5.60. The fourth-order valence-electron chi connectivity index (χ4n) is 3.66. The molecule has 0 radical (unpaired) electrons. The van der Waals surface area contributed by atoms with Gasteiger partial charge in [0.15, 0.2) is 5.96 Å². The molecule has 1 fully saturated rings. The van der Waals surface area contributed by atoms with E-state index in [1.165, 1.54) is 25.7 Å². The van der Waals surface area contributed by atoms with E-state index in [1.54, 1.807) is 0 Å². The molecule has 0 aromatic rings. The number of likely N-dealkylation sites (N-methyl/N-ethyl adjacent to an activating group) is 1. The second-order valence-electron chi connectivity index (χ2n) is 7.23. The first-order valence-electron chi connectivity index (χ1n) is 9.83. The zero-order valence-corrected chi connectivity index (χ0v) is 19.4. The number of aliphatic imine (C=N–C) groups is 1. The Hall–Kier alpha value is -0.0800. The Morgan fingerprint density at radius 1 is 1.20 bits per heavy atom. The Kier molecular flexibility index (Phi) is 14.0. The Morgan fingerprint density at radius 3 is 2.40 bits per heavy atom. The van der Waals surface area contributed by atoms with Gasteiger partial charge in [-0.05, 0) is 52.0 Å². The summed E-state index contributed by atoms with van der Waals surface area (Å²) in [6, 6.07) is 0.590. The molecule has 150 valence electrons. The molecule has 0 heterocycles. The van der Waals surface area contributed by atoms with Gasteiger partial charge in [-0.2, -0.15) is 0 Å². The largest absolute Gasteiger partial charge is 0.382 e. The number of nitrogens with one attached hydrogen (secondary N) is 2. The van der Waals surface area contributed by atoms with Gasteiger partial charge in [0.05, 0.1) is 0 Å². The van der Waals surface area contributed by atoms with E-state index in [9.17, 15) is 0 Å². The van der Waals surface area contributed by atoms with E-state index in [1.807, 2.05) is 7.05 Å². The highest BCUT2D eigenvalue weighted by molar-refractivity contribution is 14.0. The first kappa shape index (κ1) is 24.9. The highest BCUT2D eigenvalue weighted by Gasteiger charge is 2.33. The molecule has 1 saturated carbocycles. The van der Waals surface area contributed by atoms with E-state index in [0.29, 0.717) is 11.5 Å². The Balaban J connectivity index is 0.00000576. The van der Waals surface area contributed by atoms with Crippen molar-refractivity contribution in [3.63, 3.8) is 0 Å². The van der Waals surface area contributed by atoms with Gasteiger partial charge >= 0.3 is 0 Å². The van der Waals surface area contributed by atoms with Crippen LogP contribution in [-0.4, -0.2) is 63.3 Å². The van der Waals surface area contributed by atoms with Crippen LogP contribution in [0.3, 0.4) is 0 Å². The summed E-state index contributed by atoms with van der Waals surface area (Å²) in [5.41, 5.74) is 0.389. The predicted octanol–water partition coefficient (Wildman–Crippen LogP) is 3.49. The summed E-state index contributed by atoms with van der Waals surface area (Å²) in [5, 5.41) is 7.03. The maximum Gasteiger partial charge on any atom is 0.191 e. The van der Waals surface area contributed by atoms with Gasteiger partial charge in [-0.1, -0.05) is 19.8 Å². The van der Waals surface area contributed by atoms with Crippen LogP contribution < -0.4 is 10.6 Å². The van der Waals surface area contributed by atoms with Gasteiger partial charge in [0.2, 0.25) is 0 Å². The van der Waals surface area contributed by atoms with Crippen LogP contribution in [0.1, 0.15) is 59.8 Å². The van der Waals surface area contributed by atoms with Gasteiger partial charge in [-0.25, -0.2) is 0 Å². The SMILES string of the molecule is CCOCCC1(CNC(=NC)NCCN(CC)C(C)C)CCCC1.I. The highest BCUT2D eigenvalue weighted by atomic mass is 127. The number of halogens is 1. The lowest BCUT2D eigenvalue weighted by molar-refractivity contribution is 0.105. The van der Waals surface area contributed by atoms with Gasteiger partial charge in [-0.3, -0.25) is 9.89 Å². The summed E-state index contributed by atoms with van der Waals surface area (Å²) in [6.45, 7) is 14.5. The molecule has 0 aromatic carbocycles. The van der Waals surface area contributed by atoms with E-state index >= 15 is 0 Å². The maximum atomic E-state index is 5.60. The minimum Gasteiger partial charge on any atom is -0.382 e. The van der Waals surface area contributed by atoms with E-state index < -0.39 is 0 Å². The van der Waals surface area contributed by atoms with Crippen molar-refractivity contribution in [3.05, 3.63) is 0 Å². The van der Waals surface area contributed by atoms with Crippen molar-refractivity contribution < 1.29 is 4.74 Å². The van der Waals surface area contributed by atoms with Crippen molar-refractivity contribution in [1.82, 2.24) is 15.5 Å². The molecule has 0 amide bonds. The molecule has 0 bridgehead atoms. The maximum absolute atomic E-state index is 5.60. The van der Waals surface area contributed by atoms with Crippen LogP contribution in [-0.2, 0) is 4.74 Å². The monoisotopic (exact) mass is 468 g/mol. The van der Waals surface area contributed by atoms with Crippen molar-refractivity contribution in [3.8, 4) is 0 Å². The summed E-state index contributed by atoms with van der Waals surface area (Å²) in [7, 11) is 1.86. The molecule has 0 unspecified atom stereocenters. The van der Waals surface area contributed by atoms with Crippen LogP contribution in [0.2, 0.25) is 0 Å². The van der Waals surface area contributed by atoms with Crippen LogP contribution in [0.5, 0.6) is 0 Å². The Labute approximate surface area is 172 Å². The number of nitrogens with zero attached hydrogens (tertiary/aromatic N) is 2. The fraction of sp³-hybridized carbons (Fsp3) is 0.947. The third-order valence-electron chi connectivity index (χ3n) is 5.33. The standard InChI is InChI=1S/C19H40N4O.HI/c1-6-23(17(3)4)14-13-21-18(20-5)22-16-19(10-8-9-11-19)12-15-24-7-2;/h17H,6-16H2,1-5H3,(H2,20,21,22);1H. The van der Waals surface area contributed by atoms with Crippen molar-refractivity contribution in [2.45, 2.75) is 65.8 Å². The van der Waals surface area contributed by atoms with E-state index in [2.05, 4.69) is 48.2 Å². The topological polar surface area (TPSA) is 48.9 Å². The van der Waals surface area contributed by atoms with Crippen LogP contribution >= 0.6 is 24.0 Å². The van der Waals surface area contributed by atoms with Crippen LogP contribution in [0.4, 0.5) is 0 Å². The molecule has 6 heteroatoms. The predicted molar refractivity (Wildman–Crippen MR) is 119 cm³/mol. The quantitative estimate of drug-likeness (QED) is 0.211. The van der Waals surface area contributed by atoms with Gasteiger partial charge in [0, 0.05) is 45.9 Å². The number of ether oxygens (including phenoxy) is 1. The number of guanidine groups is 1. The first-order valence-corrected chi connectivity index (χ1v) is 9.83. The average Bonchev–Trinajstić information content (AvgIpc) is 3.03. The third-order valence-corrected chi connectivity index (χ3v) is 5.33. The lowest BCUT2D eigenvalue weighted by atomic mass is 9.83. The van der Waals surface area contributed by atoms with Crippen LogP contribution in [0.25, 0.3) is 0 Å². The molecular formula is C19H41IN4O. The van der Waals surface area contributed by atoms with Gasteiger partial charge in [0.25, 0.3) is 0 Å². The summed E-state index contributed by atoms with van der Waals surface area (Å²) in [5.74, 6) is 0.928. The highest BCUT2D eigenvalue weighted by Crippen LogP contribution is 2.40. The van der Waals surface area contributed by atoms with Gasteiger partial charge in [0.1, 0.15) is 0 Å². The molecule has 2 N–H and O–H groups in total. The summed E-state index contributed by atoms with van der Waals surface area (Å²) in [6.07, 6.45) is 6.46. The molecule has 1 aliphatic rings. The molecule has 0 atom stereocenters. The molecule has 5 nitrogen and oxygen atoms in total. The number of hydrogen-bond donors (Lipinski definition) is 2. The Bertz CT molecular complexity index is 357. The zero-order valence-electron chi connectivity index (χ0n) is 17.1. The fourth-order valence-corrected chi connectivity index (χ4v) is 3.66. The van der Waals surface area contributed by atoms with Gasteiger partial charge in [-0.15, -0.1) is 24.0 Å². The smallest absolute Gasteiger partial charge is 0.191 e. The van der Waals surface area contributed by atoms with Crippen molar-refractivity contribution in [2.24, 2.45) is 10.4 Å². The molecule has 0 aliphatic heterocycles. The van der Waals surface area contributed by atoms with Crippen molar-refractivity contribution in [2.75, 3.05) is 46.4 Å². The molecule has 1 aliphatic carbocycles. The molecule has 1 rings (SSSR count). The van der Waals surface area contributed by atoms with Crippen molar-refractivity contribution >= 4 is 29.9 Å². The van der Waals surface area contributed by atoms with Crippen molar-refractivity contribution in [1.29, 1.82) is 0 Å². The first-order chi connectivity index (χ1) is 11.6. The summed E-state index contributed by atoms with van der Waals surface area (Å²) >= 11 is 0. The zero-order chi connectivity index (χ0) is 17.8. The second kappa shape index (κ2) is 14.0. The summed E-state index contributed by atoms with van der Waals surface area (Å²) in [4.78, 5) is 6.85. The molecule has 0 saturated heterocycles. The van der Waals surface area contributed by atoms with E-state index in [4.69, 9.17) is 4.74 Å². The lowest BCUT2D eigenvalue weighted by Gasteiger charge is -2.30. The van der Waals surface area contributed by atoms with E-state index in [-0.39, 0.29) is 24.0 Å². The lowest BCUT2D eigenvalue weighted by Crippen LogP contribution is -2.46. The molecule has 0 aromatic heterocycles. The average molecular weight is 468 g/mol.